The van der Waals surface area contributed by atoms with Gasteiger partial charge in [-0.25, -0.2) is 14.3 Å². The van der Waals surface area contributed by atoms with Crippen molar-refractivity contribution in [3.05, 3.63) is 120 Å². The van der Waals surface area contributed by atoms with Crippen LogP contribution in [0.15, 0.2) is 109 Å². The van der Waals surface area contributed by atoms with Gasteiger partial charge in [0.25, 0.3) is 0 Å². The molecule has 1 aliphatic rings. The average molecular weight is 566 g/mol. The maximum absolute atomic E-state index is 15.3. The summed E-state index contributed by atoms with van der Waals surface area (Å²) in [7, 11) is -3.66. The van der Waals surface area contributed by atoms with Crippen molar-refractivity contribution in [2.24, 2.45) is 0 Å². The van der Waals surface area contributed by atoms with Gasteiger partial charge in [-0.3, -0.25) is 4.57 Å². The zero-order valence-electron chi connectivity index (χ0n) is 22.9. The van der Waals surface area contributed by atoms with Gasteiger partial charge >= 0.3 is 6.09 Å². The second kappa shape index (κ2) is 11.8. The number of carbonyl (C=O) groups excluding carboxylic acids is 1. The van der Waals surface area contributed by atoms with Crippen molar-refractivity contribution in [3.8, 4) is 0 Å². The Bertz CT molecular complexity index is 1390. The van der Waals surface area contributed by atoms with Crippen LogP contribution in [0.4, 0.5) is 13.6 Å². The van der Waals surface area contributed by atoms with E-state index in [9.17, 15) is 13.6 Å². The molecule has 4 rings (SSSR count). The predicted molar refractivity (Wildman–Crippen MR) is 155 cm³/mol. The van der Waals surface area contributed by atoms with Crippen LogP contribution in [0, 0.1) is 5.82 Å². The molecule has 0 radical (unpaired) electrons. The minimum absolute atomic E-state index is 0.0383. The van der Waals surface area contributed by atoms with E-state index in [1.54, 1.807) is 94.4 Å². The zero-order valence-corrected chi connectivity index (χ0v) is 23.8. The highest BCUT2D eigenvalue weighted by molar-refractivity contribution is 7.77. The summed E-state index contributed by atoms with van der Waals surface area (Å²) >= 11 is 0. The monoisotopic (exact) mass is 565 g/mol. The Morgan fingerprint density at radius 2 is 1.45 bits per heavy atom. The summed E-state index contributed by atoms with van der Waals surface area (Å²) in [4.78, 5) is 13.0. The third-order valence-corrected chi connectivity index (χ3v) is 9.36. The zero-order chi connectivity index (χ0) is 29.0. The number of alkyl carbamates (subject to hydrolysis) is 1. The van der Waals surface area contributed by atoms with Crippen LogP contribution in [0.3, 0.4) is 0 Å². The van der Waals surface area contributed by atoms with Crippen LogP contribution in [0.25, 0.3) is 0 Å². The van der Waals surface area contributed by atoms with E-state index in [4.69, 9.17) is 4.74 Å². The first-order valence-electron chi connectivity index (χ1n) is 13.0. The first-order valence-corrected chi connectivity index (χ1v) is 14.7. The summed E-state index contributed by atoms with van der Waals surface area (Å²) in [5.74, 6) is -0.986. The first-order chi connectivity index (χ1) is 18.9. The lowest BCUT2D eigenvalue weighted by Gasteiger charge is -2.45. The second-order valence-electron chi connectivity index (χ2n) is 10.6. The summed E-state index contributed by atoms with van der Waals surface area (Å²) < 4.78 is 49.2. The number of hydrogen-bond donors (Lipinski definition) is 3. The van der Waals surface area contributed by atoms with E-state index in [-0.39, 0.29) is 6.54 Å². The first kappa shape index (κ1) is 29.2. The number of dihydropyridines is 1. The van der Waals surface area contributed by atoms with Gasteiger partial charge in [0.05, 0.1) is 11.6 Å². The molecule has 2 atom stereocenters. The van der Waals surface area contributed by atoms with Crippen molar-refractivity contribution in [1.82, 2.24) is 15.7 Å². The highest BCUT2D eigenvalue weighted by Crippen LogP contribution is 2.48. The summed E-state index contributed by atoms with van der Waals surface area (Å²) in [6.45, 7) is 7.04. The molecule has 9 heteroatoms. The lowest BCUT2D eigenvalue weighted by molar-refractivity contribution is 0.0485. The molecule has 0 saturated carbocycles. The maximum atomic E-state index is 15.3. The van der Waals surface area contributed by atoms with E-state index in [2.05, 4.69) is 15.7 Å². The number of carbonyl (C=O) groups is 1. The van der Waals surface area contributed by atoms with E-state index < -0.39 is 42.3 Å². The molecule has 1 heterocycles. The molecule has 6 nitrogen and oxygen atoms in total. The summed E-state index contributed by atoms with van der Waals surface area (Å²) in [5.41, 5.74) is -1.07. The molecule has 3 N–H and O–H groups in total. The molecule has 40 heavy (non-hydrogen) atoms. The molecule has 0 unspecified atom stereocenters. The molecule has 3 aromatic rings. The summed E-state index contributed by atoms with van der Waals surface area (Å²) in [6.07, 6.45) is 2.18. The lowest BCUT2D eigenvalue weighted by atomic mass is 9.77. The van der Waals surface area contributed by atoms with Crippen molar-refractivity contribution in [2.75, 3.05) is 6.54 Å². The number of ether oxygens (including phenoxy) is 1. The number of allylic oxidation sites excluding steroid dienone is 2. The highest BCUT2D eigenvalue weighted by Gasteiger charge is 2.48. The van der Waals surface area contributed by atoms with Crippen LogP contribution < -0.4 is 26.3 Å². The third kappa shape index (κ3) is 6.35. The van der Waals surface area contributed by atoms with Crippen molar-refractivity contribution >= 4 is 24.0 Å². The summed E-state index contributed by atoms with van der Waals surface area (Å²) in [6, 6.07) is 22.9. The van der Waals surface area contributed by atoms with Gasteiger partial charge in [-0.05, 0) is 81.3 Å². The van der Waals surface area contributed by atoms with Gasteiger partial charge in [-0.1, -0.05) is 54.6 Å². The maximum Gasteiger partial charge on any atom is 0.407 e. The number of hydrogen-bond acceptors (Lipinski definition) is 4. The molecule has 0 saturated heterocycles. The fourth-order valence-electron chi connectivity index (χ4n) is 4.80. The average Bonchev–Trinajstić information content (AvgIpc) is 2.92. The third-order valence-electron chi connectivity index (χ3n) is 6.64. The standard InChI is InChI=1S/C31H34F2N3O3P/c1-22(35-29(37)39-30(2,3)4)31(23-15-18-25(32)19-16-23,24-17-20-28(33)34-21-24)36-40(38,26-11-7-5-8-12-26)27-13-9-6-10-14-27/h5-20,22,34H,21H2,1-4H3,(H,35,37)(H,36,38)/t22-,31-/m0/s1. The number of halogens is 2. The van der Waals surface area contributed by atoms with Gasteiger partial charge in [0.2, 0.25) is 7.29 Å². The lowest BCUT2D eigenvalue weighted by Crippen LogP contribution is -2.60. The molecule has 1 aliphatic heterocycles. The SMILES string of the molecule is C[C@H](NC(=O)OC(C)(C)C)[C@@](NP(=O)(c1ccccc1)c1ccccc1)(C1=CC=C(F)NC1)c1ccc(F)cc1. The molecule has 0 aromatic heterocycles. The van der Waals surface area contributed by atoms with Crippen molar-refractivity contribution in [3.63, 3.8) is 0 Å². The van der Waals surface area contributed by atoms with Crippen LogP contribution in [0.5, 0.6) is 0 Å². The number of amides is 1. The van der Waals surface area contributed by atoms with E-state index >= 15 is 4.57 Å². The van der Waals surface area contributed by atoms with Gasteiger partial charge in [-0.2, -0.15) is 4.39 Å². The Kier molecular flexibility index (Phi) is 8.62. The molecule has 3 aromatic carbocycles. The Morgan fingerprint density at radius 3 is 1.93 bits per heavy atom. The molecule has 210 valence electrons. The van der Waals surface area contributed by atoms with Gasteiger partial charge in [0, 0.05) is 17.2 Å². The van der Waals surface area contributed by atoms with E-state index in [1.165, 1.54) is 18.2 Å². The van der Waals surface area contributed by atoms with Crippen molar-refractivity contribution in [1.29, 1.82) is 0 Å². The Balaban J connectivity index is 1.98. The predicted octanol–water partition coefficient (Wildman–Crippen LogP) is 5.79. The minimum Gasteiger partial charge on any atom is -0.444 e. The van der Waals surface area contributed by atoms with Crippen LogP contribution >= 0.6 is 7.29 Å². The van der Waals surface area contributed by atoms with Crippen LogP contribution in [0.1, 0.15) is 33.3 Å². The van der Waals surface area contributed by atoms with Crippen LogP contribution in [-0.2, 0) is 14.8 Å². The fraction of sp³-hybridized carbons (Fsp3) is 0.258. The molecular weight excluding hydrogens is 531 g/mol. The van der Waals surface area contributed by atoms with Gasteiger partial charge in [-0.15, -0.1) is 0 Å². The Morgan fingerprint density at radius 1 is 0.900 bits per heavy atom. The van der Waals surface area contributed by atoms with Gasteiger partial charge in [0.15, 0.2) is 5.95 Å². The molecule has 0 aliphatic carbocycles. The second-order valence-corrected chi connectivity index (χ2v) is 13.1. The Hall–Kier alpha value is -3.74. The van der Waals surface area contributed by atoms with Gasteiger partial charge < -0.3 is 15.4 Å². The number of benzene rings is 3. The molecule has 0 spiro atoms. The minimum atomic E-state index is -3.66. The topological polar surface area (TPSA) is 79.5 Å². The van der Waals surface area contributed by atoms with Crippen molar-refractivity contribution < 1.29 is 22.9 Å². The number of nitrogens with one attached hydrogen (secondary N) is 3. The summed E-state index contributed by atoms with van der Waals surface area (Å²) in [5, 5.41) is 10.1. The van der Waals surface area contributed by atoms with Gasteiger partial charge in [0.1, 0.15) is 11.4 Å². The quantitative estimate of drug-likeness (QED) is 0.238. The number of rotatable bonds is 8. The molecule has 1 amide bonds. The Labute approximate surface area is 234 Å². The van der Waals surface area contributed by atoms with E-state index in [0.29, 0.717) is 21.7 Å². The largest absolute Gasteiger partial charge is 0.444 e. The van der Waals surface area contributed by atoms with Crippen molar-refractivity contribution in [2.45, 2.75) is 44.9 Å². The van der Waals surface area contributed by atoms with E-state index in [0.717, 1.165) is 0 Å². The highest BCUT2D eigenvalue weighted by atomic mass is 31.2. The van der Waals surface area contributed by atoms with Crippen LogP contribution in [0.2, 0.25) is 0 Å². The smallest absolute Gasteiger partial charge is 0.407 e. The van der Waals surface area contributed by atoms with E-state index in [1.807, 2.05) is 12.1 Å². The molecule has 0 fully saturated rings. The normalized spacial score (nSPS) is 16.1. The molecule has 0 bridgehead atoms. The molecular formula is C31H34F2N3O3P. The fourth-order valence-corrected chi connectivity index (χ4v) is 7.50. The van der Waals surface area contributed by atoms with Crippen LogP contribution in [-0.4, -0.2) is 24.3 Å².